The summed E-state index contributed by atoms with van der Waals surface area (Å²) < 4.78 is 13.2. The molecule has 1 atom stereocenters. The number of hydrogen-bond donors (Lipinski definition) is 0. The fourth-order valence-electron chi connectivity index (χ4n) is 9.56. The molecule has 0 saturated heterocycles. The Kier molecular flexibility index (Phi) is 6.18. The Morgan fingerprint density at radius 2 is 1.29 bits per heavy atom. The van der Waals surface area contributed by atoms with Gasteiger partial charge in [-0.15, -0.1) is 0 Å². The van der Waals surface area contributed by atoms with E-state index in [1.165, 1.54) is 55.3 Å². The molecule has 250 valence electrons. The number of benzene rings is 7. The molecule has 1 unspecified atom stereocenters. The lowest BCUT2D eigenvalue weighted by atomic mass is 9.75. The average Bonchev–Trinajstić information content (AvgIpc) is 3.57. The van der Waals surface area contributed by atoms with Crippen molar-refractivity contribution in [1.29, 1.82) is 5.26 Å². The fourth-order valence-corrected chi connectivity index (χ4v) is 9.56. The molecule has 3 aliphatic rings. The third-order valence-corrected chi connectivity index (χ3v) is 12.2. The van der Waals surface area contributed by atoms with Gasteiger partial charge in [-0.3, -0.25) is 0 Å². The number of methoxy groups -OCH3 is 1. The summed E-state index contributed by atoms with van der Waals surface area (Å²) in [7, 11) is 1.70. The number of hydrogen-bond acceptors (Lipinski definition) is 3. The van der Waals surface area contributed by atoms with Crippen LogP contribution in [0.5, 0.6) is 11.5 Å². The van der Waals surface area contributed by atoms with E-state index in [1.54, 1.807) is 7.11 Å². The van der Waals surface area contributed by atoms with Gasteiger partial charge in [-0.1, -0.05) is 125 Å². The van der Waals surface area contributed by atoms with Crippen LogP contribution < -0.4 is 9.47 Å². The normalized spacial score (nSPS) is 18.2. The van der Waals surface area contributed by atoms with Crippen molar-refractivity contribution in [2.45, 2.75) is 44.1 Å². The highest BCUT2D eigenvalue weighted by molar-refractivity contribution is 6.08. The molecule has 0 fully saturated rings. The molecule has 0 N–H and O–H groups in total. The highest BCUT2D eigenvalue weighted by atomic mass is 16.5. The first-order valence-corrected chi connectivity index (χ1v) is 18.0. The zero-order chi connectivity index (χ0) is 35.6. The monoisotopic (exact) mass is 671 g/mol. The summed E-state index contributed by atoms with van der Waals surface area (Å²) in [6.45, 7) is 9.24. The molecule has 2 aliphatic carbocycles. The number of rotatable bonds is 3. The molecule has 10 rings (SSSR count). The Morgan fingerprint density at radius 1 is 0.615 bits per heavy atom. The first kappa shape index (κ1) is 30.7. The van der Waals surface area contributed by atoms with Gasteiger partial charge in [-0.2, -0.15) is 5.26 Å². The fraction of sp³-hybridized carbons (Fsp3) is 0.163. The van der Waals surface area contributed by atoms with E-state index in [-0.39, 0.29) is 10.8 Å². The van der Waals surface area contributed by atoms with E-state index in [4.69, 9.17) is 9.47 Å². The van der Waals surface area contributed by atoms with Crippen LogP contribution in [0.2, 0.25) is 0 Å². The second-order valence-corrected chi connectivity index (χ2v) is 15.5. The van der Waals surface area contributed by atoms with Crippen LogP contribution in [0.1, 0.15) is 72.2 Å². The first-order chi connectivity index (χ1) is 25.2. The van der Waals surface area contributed by atoms with Crippen molar-refractivity contribution in [3.05, 3.63) is 172 Å². The van der Waals surface area contributed by atoms with Crippen LogP contribution in [0.3, 0.4) is 0 Å². The Morgan fingerprint density at radius 3 is 2.06 bits per heavy atom. The van der Waals surface area contributed by atoms with Gasteiger partial charge in [0.25, 0.3) is 0 Å². The third kappa shape index (κ3) is 3.90. The second-order valence-electron chi connectivity index (χ2n) is 15.5. The van der Waals surface area contributed by atoms with Gasteiger partial charge < -0.3 is 9.47 Å². The number of nitrogens with zero attached hydrogens (tertiary/aromatic N) is 1. The van der Waals surface area contributed by atoms with Crippen molar-refractivity contribution in [2.75, 3.05) is 7.11 Å². The van der Waals surface area contributed by atoms with E-state index in [1.807, 2.05) is 18.2 Å². The molecule has 0 amide bonds. The first-order valence-electron chi connectivity index (χ1n) is 18.0. The minimum Gasteiger partial charge on any atom is -0.497 e. The van der Waals surface area contributed by atoms with Crippen molar-refractivity contribution < 1.29 is 9.47 Å². The van der Waals surface area contributed by atoms with E-state index in [0.717, 1.165) is 39.0 Å². The lowest BCUT2D eigenvalue weighted by molar-refractivity contribution is 0.163. The van der Waals surface area contributed by atoms with Crippen LogP contribution in [-0.4, -0.2) is 7.11 Å². The van der Waals surface area contributed by atoms with E-state index in [0.29, 0.717) is 5.56 Å². The molecular formula is C49H37NO2. The van der Waals surface area contributed by atoms with E-state index >= 15 is 0 Å². The second kappa shape index (κ2) is 10.5. The van der Waals surface area contributed by atoms with Gasteiger partial charge in [0.15, 0.2) is 5.60 Å². The van der Waals surface area contributed by atoms with Crippen molar-refractivity contribution in [3.8, 4) is 39.8 Å². The van der Waals surface area contributed by atoms with Crippen LogP contribution in [0.15, 0.2) is 127 Å². The summed E-state index contributed by atoms with van der Waals surface area (Å²) in [5, 5.41) is 14.6. The van der Waals surface area contributed by atoms with Crippen molar-refractivity contribution in [3.63, 3.8) is 0 Å². The predicted molar refractivity (Wildman–Crippen MR) is 211 cm³/mol. The molecule has 52 heavy (non-hydrogen) atoms. The minimum absolute atomic E-state index is 0.201. The molecule has 3 heteroatoms. The van der Waals surface area contributed by atoms with Gasteiger partial charge in [-0.25, -0.2) is 0 Å². The molecule has 0 bridgehead atoms. The molecule has 0 radical (unpaired) electrons. The number of fused-ring (bicyclic) bond motifs is 13. The summed E-state index contributed by atoms with van der Waals surface area (Å²) in [5.41, 5.74) is 12.5. The average molecular weight is 672 g/mol. The summed E-state index contributed by atoms with van der Waals surface area (Å²) in [4.78, 5) is 0. The van der Waals surface area contributed by atoms with Crippen LogP contribution in [0.4, 0.5) is 0 Å². The molecule has 7 aromatic rings. The van der Waals surface area contributed by atoms with Crippen molar-refractivity contribution in [1.82, 2.24) is 0 Å². The summed E-state index contributed by atoms with van der Waals surface area (Å²) >= 11 is 0. The Labute approximate surface area is 304 Å². The van der Waals surface area contributed by atoms with Crippen LogP contribution in [0, 0.1) is 11.3 Å². The van der Waals surface area contributed by atoms with Gasteiger partial charge in [-0.05, 0) is 97.1 Å². The smallest absolute Gasteiger partial charge is 0.178 e. The van der Waals surface area contributed by atoms with Gasteiger partial charge in [0, 0.05) is 32.9 Å². The topological polar surface area (TPSA) is 42.2 Å². The Balaban J connectivity index is 1.23. The molecule has 7 aromatic carbocycles. The SMILES string of the molecule is COc1ccc(C2(c3ccc4c(c3)C(C)(C)c3ccc5ccccc5c3-4)C=Cc3c4c(c5ccccc5c3O2)-c2ccc(C#N)cc2C4(C)C)cc1. The standard InChI is InChI=1S/C49H37NO2/c1-47(2)40-23-15-30-10-6-7-11-34(30)43(40)37-22-18-32(27-42(37)47)49(31-16-19-33(51-5)20-17-31)25-24-39-45-44(35-12-8-9-13-36(35)46(39)52-49)38-21-14-29(28-50)26-41(38)48(45,3)4/h6-27H,1-5H3. The molecule has 1 aliphatic heterocycles. The summed E-state index contributed by atoms with van der Waals surface area (Å²) in [5.74, 6) is 1.68. The Hall–Kier alpha value is -6.11. The third-order valence-electron chi connectivity index (χ3n) is 12.2. The van der Waals surface area contributed by atoms with Gasteiger partial charge >= 0.3 is 0 Å². The highest BCUT2D eigenvalue weighted by Gasteiger charge is 2.45. The zero-order valence-electron chi connectivity index (χ0n) is 30.0. The highest BCUT2D eigenvalue weighted by Crippen LogP contribution is 2.59. The number of nitriles is 1. The maximum Gasteiger partial charge on any atom is 0.178 e. The molecular weight excluding hydrogens is 635 g/mol. The van der Waals surface area contributed by atoms with Gasteiger partial charge in [0.2, 0.25) is 0 Å². The van der Waals surface area contributed by atoms with E-state index < -0.39 is 5.60 Å². The Bertz CT molecular complexity index is 2760. The van der Waals surface area contributed by atoms with Crippen molar-refractivity contribution in [2.24, 2.45) is 0 Å². The van der Waals surface area contributed by atoms with E-state index in [2.05, 4.69) is 149 Å². The zero-order valence-corrected chi connectivity index (χ0v) is 30.0. The largest absolute Gasteiger partial charge is 0.497 e. The number of ether oxygens (including phenoxy) is 2. The minimum atomic E-state index is -0.915. The van der Waals surface area contributed by atoms with Crippen molar-refractivity contribution >= 4 is 27.6 Å². The maximum atomic E-state index is 9.83. The molecule has 3 nitrogen and oxygen atoms in total. The van der Waals surface area contributed by atoms with Crippen LogP contribution in [0.25, 0.3) is 49.9 Å². The molecule has 0 saturated carbocycles. The summed E-state index contributed by atoms with van der Waals surface area (Å²) in [6.07, 6.45) is 4.56. The lowest BCUT2D eigenvalue weighted by Gasteiger charge is -2.39. The maximum absolute atomic E-state index is 9.83. The lowest BCUT2D eigenvalue weighted by Crippen LogP contribution is -2.35. The molecule has 0 spiro atoms. The van der Waals surface area contributed by atoms with Crippen LogP contribution >= 0.6 is 0 Å². The van der Waals surface area contributed by atoms with Crippen LogP contribution in [-0.2, 0) is 16.4 Å². The molecule has 1 heterocycles. The summed E-state index contributed by atoms with van der Waals surface area (Å²) in [6, 6.07) is 45.7. The van der Waals surface area contributed by atoms with Gasteiger partial charge in [0.1, 0.15) is 11.5 Å². The molecule has 0 aromatic heterocycles. The van der Waals surface area contributed by atoms with E-state index in [9.17, 15) is 5.26 Å². The quantitative estimate of drug-likeness (QED) is 0.188. The van der Waals surface area contributed by atoms with Gasteiger partial charge in [0.05, 0.1) is 18.7 Å². The predicted octanol–water partition coefficient (Wildman–Crippen LogP) is 11.8.